The molecule has 0 aliphatic carbocycles. The fraction of sp³-hybridized carbons (Fsp3) is 0.300. The molecule has 0 fully saturated rings. The number of hydrogen-bond donors (Lipinski definition) is 2. The lowest BCUT2D eigenvalue weighted by Gasteiger charge is -2.12. The van der Waals surface area contributed by atoms with E-state index in [1.165, 1.54) is 13.2 Å². The molecule has 0 saturated heterocycles. The van der Waals surface area contributed by atoms with Crippen LogP contribution in [0.5, 0.6) is 0 Å². The molecule has 1 aromatic carbocycles. The minimum Gasteiger partial charge on any atom is -0.479 e. The number of rotatable bonds is 6. The third kappa shape index (κ3) is 4.53. The molecular weight excluding hydrogens is 406 g/mol. The molecule has 0 radical (unpaired) electrons. The summed E-state index contributed by atoms with van der Waals surface area (Å²) in [4.78, 5) is 10.7. The van der Waals surface area contributed by atoms with Crippen LogP contribution in [0.1, 0.15) is 0 Å². The molecular formula is C10H11Br2NO5S. The van der Waals surface area contributed by atoms with Gasteiger partial charge in [-0.25, -0.2) is 17.9 Å². The van der Waals surface area contributed by atoms with Crippen molar-refractivity contribution in [2.75, 3.05) is 13.7 Å². The van der Waals surface area contributed by atoms with Crippen LogP contribution < -0.4 is 4.72 Å². The molecule has 19 heavy (non-hydrogen) atoms. The van der Waals surface area contributed by atoms with Gasteiger partial charge < -0.3 is 9.84 Å². The van der Waals surface area contributed by atoms with Gasteiger partial charge in [0.1, 0.15) is 0 Å². The Labute approximate surface area is 127 Å². The molecule has 6 nitrogen and oxygen atoms in total. The van der Waals surface area contributed by atoms with Crippen LogP contribution in [0, 0.1) is 0 Å². The average molecular weight is 417 g/mol. The van der Waals surface area contributed by atoms with Crippen LogP contribution in [0.4, 0.5) is 0 Å². The average Bonchev–Trinajstić information content (AvgIpc) is 2.28. The Morgan fingerprint density at radius 1 is 1.47 bits per heavy atom. The van der Waals surface area contributed by atoms with E-state index < -0.39 is 22.1 Å². The fourth-order valence-corrected chi connectivity index (χ4v) is 4.00. The molecule has 0 aromatic heterocycles. The lowest BCUT2D eigenvalue weighted by molar-refractivity contribution is -0.147. The highest BCUT2D eigenvalue weighted by molar-refractivity contribution is 9.11. The van der Waals surface area contributed by atoms with Crippen LogP contribution in [-0.4, -0.2) is 39.3 Å². The maximum atomic E-state index is 12.0. The molecule has 1 atom stereocenters. The van der Waals surface area contributed by atoms with Gasteiger partial charge in [0.15, 0.2) is 6.10 Å². The second-order valence-corrected chi connectivity index (χ2v) is 6.99. The Balaban J connectivity index is 2.90. The summed E-state index contributed by atoms with van der Waals surface area (Å²) < 4.78 is 31.9. The van der Waals surface area contributed by atoms with E-state index in [1.807, 2.05) is 0 Å². The minimum absolute atomic E-state index is 0.0240. The van der Waals surface area contributed by atoms with Gasteiger partial charge in [0.25, 0.3) is 0 Å². The van der Waals surface area contributed by atoms with Gasteiger partial charge in [-0.3, -0.25) is 0 Å². The zero-order valence-corrected chi connectivity index (χ0v) is 13.7. The van der Waals surface area contributed by atoms with E-state index in [-0.39, 0.29) is 11.4 Å². The topological polar surface area (TPSA) is 92.7 Å². The number of sulfonamides is 1. The zero-order chi connectivity index (χ0) is 14.6. The van der Waals surface area contributed by atoms with Crippen molar-refractivity contribution in [2.24, 2.45) is 0 Å². The predicted octanol–water partition coefficient (Wildman–Crippen LogP) is 1.59. The summed E-state index contributed by atoms with van der Waals surface area (Å²) in [5.41, 5.74) is 0. The molecule has 1 unspecified atom stereocenters. The summed E-state index contributed by atoms with van der Waals surface area (Å²) in [6.07, 6.45) is -1.23. The first-order chi connectivity index (χ1) is 8.77. The van der Waals surface area contributed by atoms with Gasteiger partial charge in [0.2, 0.25) is 10.0 Å². The van der Waals surface area contributed by atoms with E-state index in [2.05, 4.69) is 41.3 Å². The SMILES string of the molecule is COC(CNS(=O)(=O)c1ccc(Br)cc1Br)C(=O)O. The summed E-state index contributed by atoms with van der Waals surface area (Å²) in [6.45, 7) is -0.351. The molecule has 0 aliphatic rings. The van der Waals surface area contributed by atoms with Crippen molar-refractivity contribution in [3.8, 4) is 0 Å². The van der Waals surface area contributed by atoms with Crippen LogP contribution in [0.25, 0.3) is 0 Å². The molecule has 106 valence electrons. The van der Waals surface area contributed by atoms with Crippen molar-refractivity contribution in [3.05, 3.63) is 27.1 Å². The molecule has 1 aromatic rings. The minimum atomic E-state index is -3.81. The van der Waals surface area contributed by atoms with E-state index in [0.29, 0.717) is 4.47 Å². The Hall–Kier alpha value is -0.480. The number of carboxylic acids is 1. The summed E-state index contributed by atoms with van der Waals surface area (Å²) in [5.74, 6) is -1.24. The molecule has 0 spiro atoms. The molecule has 0 bridgehead atoms. The van der Waals surface area contributed by atoms with Crippen LogP contribution in [0.2, 0.25) is 0 Å². The molecule has 2 N–H and O–H groups in total. The van der Waals surface area contributed by atoms with Crippen molar-refractivity contribution >= 4 is 47.9 Å². The van der Waals surface area contributed by atoms with Crippen molar-refractivity contribution < 1.29 is 23.1 Å². The van der Waals surface area contributed by atoms with Gasteiger partial charge in [-0.2, -0.15) is 0 Å². The van der Waals surface area contributed by atoms with Crippen molar-refractivity contribution in [2.45, 2.75) is 11.0 Å². The molecule has 0 aliphatic heterocycles. The highest BCUT2D eigenvalue weighted by atomic mass is 79.9. The maximum Gasteiger partial charge on any atom is 0.334 e. The van der Waals surface area contributed by atoms with Crippen LogP contribution in [-0.2, 0) is 19.6 Å². The van der Waals surface area contributed by atoms with E-state index in [4.69, 9.17) is 5.11 Å². The van der Waals surface area contributed by atoms with Gasteiger partial charge in [-0.15, -0.1) is 0 Å². The summed E-state index contributed by atoms with van der Waals surface area (Å²) in [6, 6.07) is 4.56. The number of carbonyl (C=O) groups is 1. The number of ether oxygens (including phenoxy) is 1. The third-order valence-corrected chi connectivity index (χ3v) is 5.10. The van der Waals surface area contributed by atoms with E-state index >= 15 is 0 Å². The van der Waals surface area contributed by atoms with Crippen LogP contribution >= 0.6 is 31.9 Å². The third-order valence-electron chi connectivity index (χ3n) is 2.20. The molecule has 0 amide bonds. The smallest absolute Gasteiger partial charge is 0.334 e. The first-order valence-electron chi connectivity index (χ1n) is 4.98. The summed E-state index contributed by atoms with van der Waals surface area (Å²) in [7, 11) is -2.61. The van der Waals surface area contributed by atoms with Gasteiger partial charge >= 0.3 is 5.97 Å². The predicted molar refractivity (Wildman–Crippen MR) is 75.5 cm³/mol. The number of nitrogens with one attached hydrogen (secondary N) is 1. The zero-order valence-electron chi connectivity index (χ0n) is 9.76. The van der Waals surface area contributed by atoms with Gasteiger partial charge in [-0.1, -0.05) is 15.9 Å². The van der Waals surface area contributed by atoms with Crippen LogP contribution in [0.3, 0.4) is 0 Å². The number of carboxylic acid groups (broad SMARTS) is 1. The number of hydrogen-bond acceptors (Lipinski definition) is 4. The number of aliphatic carboxylic acids is 1. The van der Waals surface area contributed by atoms with E-state index in [1.54, 1.807) is 12.1 Å². The lowest BCUT2D eigenvalue weighted by atomic mass is 10.4. The monoisotopic (exact) mass is 415 g/mol. The first-order valence-corrected chi connectivity index (χ1v) is 8.05. The molecule has 0 heterocycles. The standard InChI is InChI=1S/C10H11Br2NO5S/c1-18-8(10(14)15)5-13-19(16,17)9-3-2-6(11)4-7(9)12/h2-4,8,13H,5H2,1H3,(H,14,15). The second-order valence-electron chi connectivity index (χ2n) is 3.49. The van der Waals surface area contributed by atoms with Crippen molar-refractivity contribution in [1.82, 2.24) is 4.72 Å². The fourth-order valence-electron chi connectivity index (χ4n) is 1.23. The number of methoxy groups -OCH3 is 1. The maximum absolute atomic E-state index is 12.0. The van der Waals surface area contributed by atoms with Gasteiger partial charge in [-0.05, 0) is 34.1 Å². The Kier molecular flexibility index (Phi) is 5.93. The Bertz CT molecular complexity index is 575. The quantitative estimate of drug-likeness (QED) is 0.734. The van der Waals surface area contributed by atoms with Crippen molar-refractivity contribution in [1.29, 1.82) is 0 Å². The molecule has 9 heteroatoms. The number of halogens is 2. The van der Waals surface area contributed by atoms with Gasteiger partial charge in [0.05, 0.1) is 4.90 Å². The van der Waals surface area contributed by atoms with Crippen LogP contribution in [0.15, 0.2) is 32.0 Å². The lowest BCUT2D eigenvalue weighted by Crippen LogP contribution is -2.37. The normalized spacial score (nSPS) is 13.2. The van der Waals surface area contributed by atoms with Crippen molar-refractivity contribution in [3.63, 3.8) is 0 Å². The highest BCUT2D eigenvalue weighted by Crippen LogP contribution is 2.25. The van der Waals surface area contributed by atoms with Gasteiger partial charge in [0, 0.05) is 22.6 Å². The molecule has 0 saturated carbocycles. The first kappa shape index (κ1) is 16.6. The Morgan fingerprint density at radius 3 is 2.58 bits per heavy atom. The second kappa shape index (κ2) is 6.80. The molecule has 1 rings (SSSR count). The largest absolute Gasteiger partial charge is 0.479 e. The summed E-state index contributed by atoms with van der Waals surface area (Å²) in [5, 5.41) is 8.76. The summed E-state index contributed by atoms with van der Waals surface area (Å²) >= 11 is 6.35. The van der Waals surface area contributed by atoms with E-state index in [9.17, 15) is 13.2 Å². The highest BCUT2D eigenvalue weighted by Gasteiger charge is 2.22. The number of benzene rings is 1. The van der Waals surface area contributed by atoms with E-state index in [0.717, 1.165) is 4.47 Å². The Morgan fingerprint density at radius 2 is 2.11 bits per heavy atom.